The number of aryl methyl sites for hydroxylation is 1. The van der Waals surface area contributed by atoms with Gasteiger partial charge in [0.25, 0.3) is 0 Å². The molecule has 4 nitrogen and oxygen atoms in total. The van der Waals surface area contributed by atoms with E-state index in [-0.39, 0.29) is 17.8 Å². The quantitative estimate of drug-likeness (QED) is 0.745. The third-order valence-corrected chi connectivity index (χ3v) is 2.43. The minimum atomic E-state index is -0.616. The van der Waals surface area contributed by atoms with Crippen LogP contribution >= 0.6 is 0 Å². The molecule has 0 amide bonds. The maximum atomic E-state index is 11.8. The van der Waals surface area contributed by atoms with E-state index >= 15 is 0 Å². The molecular weight excluding hydrogens is 220 g/mol. The highest BCUT2D eigenvalue weighted by molar-refractivity contribution is 5.89. The first-order valence-corrected chi connectivity index (χ1v) is 5.34. The number of hydrogen-bond acceptors (Lipinski definition) is 4. The molecule has 0 aliphatic carbocycles. The summed E-state index contributed by atoms with van der Waals surface area (Å²) in [6, 6.07) is 6.43. The van der Waals surface area contributed by atoms with E-state index in [1.54, 1.807) is 19.1 Å². The zero-order valence-electron chi connectivity index (χ0n) is 9.65. The summed E-state index contributed by atoms with van der Waals surface area (Å²) in [4.78, 5) is 23.3. The molecule has 0 unspecified atom stereocenters. The van der Waals surface area contributed by atoms with Crippen LogP contribution in [0.2, 0.25) is 0 Å². The van der Waals surface area contributed by atoms with Gasteiger partial charge in [-0.25, -0.2) is 4.79 Å². The summed E-state index contributed by atoms with van der Waals surface area (Å²) in [6.07, 6.45) is 0. The van der Waals surface area contributed by atoms with Crippen LogP contribution in [0.4, 0.5) is 0 Å². The predicted molar refractivity (Wildman–Crippen MR) is 63.2 cm³/mol. The Morgan fingerprint density at radius 2 is 2.18 bits per heavy atom. The fraction of sp³-hybridized carbons (Fsp3) is 0.231. The van der Waals surface area contributed by atoms with E-state index in [0.29, 0.717) is 11.0 Å². The van der Waals surface area contributed by atoms with Gasteiger partial charge in [0.2, 0.25) is 5.76 Å². The molecule has 0 bridgehead atoms. The molecule has 0 atom stereocenters. The van der Waals surface area contributed by atoms with Crippen LogP contribution in [0, 0.1) is 6.92 Å². The molecule has 88 valence electrons. The van der Waals surface area contributed by atoms with E-state index in [4.69, 9.17) is 9.15 Å². The molecule has 1 heterocycles. The highest BCUT2D eigenvalue weighted by Gasteiger charge is 2.13. The van der Waals surface area contributed by atoms with E-state index in [1.807, 2.05) is 13.0 Å². The van der Waals surface area contributed by atoms with Gasteiger partial charge in [0.05, 0.1) is 12.0 Å². The molecule has 1 aromatic heterocycles. The Morgan fingerprint density at radius 3 is 2.88 bits per heavy atom. The minimum absolute atomic E-state index is 0.0568. The molecule has 0 saturated heterocycles. The monoisotopic (exact) mass is 232 g/mol. The van der Waals surface area contributed by atoms with Crippen molar-refractivity contribution >= 4 is 16.9 Å². The van der Waals surface area contributed by atoms with Gasteiger partial charge in [0.1, 0.15) is 5.58 Å². The van der Waals surface area contributed by atoms with Crippen LogP contribution in [0.5, 0.6) is 0 Å². The molecule has 1 aromatic carbocycles. The number of carbonyl (C=O) groups excluding carboxylic acids is 1. The smallest absolute Gasteiger partial charge is 0.374 e. The van der Waals surface area contributed by atoms with Crippen molar-refractivity contribution in [2.45, 2.75) is 13.8 Å². The SMILES string of the molecule is CCOC(=O)c1cc(=O)c2cccc(C)c2o1. The van der Waals surface area contributed by atoms with Gasteiger partial charge in [0, 0.05) is 6.07 Å². The molecule has 0 aliphatic heterocycles. The molecule has 0 N–H and O–H groups in total. The molecule has 4 heteroatoms. The number of rotatable bonds is 2. The summed E-state index contributed by atoms with van der Waals surface area (Å²) in [5.41, 5.74) is 1.01. The normalized spacial score (nSPS) is 10.5. The molecule has 0 spiro atoms. The van der Waals surface area contributed by atoms with Crippen LogP contribution in [0.1, 0.15) is 23.0 Å². The Kier molecular flexibility index (Phi) is 2.95. The maximum Gasteiger partial charge on any atom is 0.374 e. The highest BCUT2D eigenvalue weighted by Crippen LogP contribution is 2.16. The zero-order valence-corrected chi connectivity index (χ0v) is 9.65. The Bertz CT molecular complexity index is 625. The van der Waals surface area contributed by atoms with Crippen molar-refractivity contribution in [2.75, 3.05) is 6.61 Å². The summed E-state index contributed by atoms with van der Waals surface area (Å²) >= 11 is 0. The number of esters is 1. The number of ether oxygens (including phenoxy) is 1. The van der Waals surface area contributed by atoms with Gasteiger partial charge in [-0.3, -0.25) is 4.79 Å². The standard InChI is InChI=1S/C13H12O4/c1-3-16-13(15)11-7-10(14)9-6-4-5-8(2)12(9)17-11/h4-7H,3H2,1-2H3. The summed E-state index contributed by atoms with van der Waals surface area (Å²) in [5, 5.41) is 0.470. The van der Waals surface area contributed by atoms with E-state index in [0.717, 1.165) is 5.56 Å². The average molecular weight is 232 g/mol. The van der Waals surface area contributed by atoms with Gasteiger partial charge in [-0.1, -0.05) is 12.1 Å². The van der Waals surface area contributed by atoms with Crippen LogP contribution < -0.4 is 5.43 Å². The van der Waals surface area contributed by atoms with Gasteiger partial charge in [0.15, 0.2) is 5.43 Å². The second-order valence-corrected chi connectivity index (χ2v) is 3.65. The van der Waals surface area contributed by atoms with Crippen LogP contribution in [0.25, 0.3) is 11.0 Å². The molecule has 17 heavy (non-hydrogen) atoms. The number of para-hydroxylation sites is 1. The molecular formula is C13H12O4. The third kappa shape index (κ3) is 2.06. The lowest BCUT2D eigenvalue weighted by Crippen LogP contribution is -2.10. The Balaban J connectivity index is 2.66. The molecule has 0 saturated carbocycles. The number of fused-ring (bicyclic) bond motifs is 1. The van der Waals surface area contributed by atoms with Crippen LogP contribution in [0.3, 0.4) is 0 Å². The summed E-state index contributed by atoms with van der Waals surface area (Å²) in [6.45, 7) is 3.76. The van der Waals surface area contributed by atoms with Gasteiger partial charge < -0.3 is 9.15 Å². The first-order chi connectivity index (χ1) is 8.13. The maximum absolute atomic E-state index is 11.8. The van der Waals surface area contributed by atoms with Gasteiger partial charge >= 0.3 is 5.97 Å². The fourth-order valence-electron chi connectivity index (χ4n) is 1.62. The second kappa shape index (κ2) is 4.41. The average Bonchev–Trinajstić information content (AvgIpc) is 2.30. The lowest BCUT2D eigenvalue weighted by Gasteiger charge is -2.04. The molecule has 0 aliphatic rings. The molecule has 2 rings (SSSR count). The lowest BCUT2D eigenvalue weighted by molar-refractivity contribution is 0.0490. The van der Waals surface area contributed by atoms with Crippen molar-refractivity contribution in [3.8, 4) is 0 Å². The van der Waals surface area contributed by atoms with Crippen LogP contribution in [-0.4, -0.2) is 12.6 Å². The third-order valence-electron chi connectivity index (χ3n) is 2.43. The van der Waals surface area contributed by atoms with E-state index < -0.39 is 5.97 Å². The Morgan fingerprint density at radius 1 is 1.41 bits per heavy atom. The minimum Gasteiger partial charge on any atom is -0.460 e. The highest BCUT2D eigenvalue weighted by atomic mass is 16.5. The van der Waals surface area contributed by atoms with Crippen molar-refractivity contribution in [3.05, 3.63) is 45.8 Å². The first-order valence-electron chi connectivity index (χ1n) is 5.34. The van der Waals surface area contributed by atoms with Crippen molar-refractivity contribution < 1.29 is 13.9 Å². The van der Waals surface area contributed by atoms with Crippen molar-refractivity contribution in [1.82, 2.24) is 0 Å². The second-order valence-electron chi connectivity index (χ2n) is 3.65. The first kappa shape index (κ1) is 11.4. The molecule has 0 fully saturated rings. The zero-order chi connectivity index (χ0) is 12.4. The Hall–Kier alpha value is -2.10. The number of hydrogen-bond donors (Lipinski definition) is 0. The van der Waals surface area contributed by atoms with Crippen molar-refractivity contribution in [1.29, 1.82) is 0 Å². The van der Waals surface area contributed by atoms with Gasteiger partial charge in [-0.05, 0) is 25.5 Å². The number of carbonyl (C=O) groups is 1. The summed E-state index contributed by atoms with van der Waals surface area (Å²) < 4.78 is 10.2. The summed E-state index contributed by atoms with van der Waals surface area (Å²) in [5.74, 6) is -0.673. The van der Waals surface area contributed by atoms with E-state index in [9.17, 15) is 9.59 Å². The predicted octanol–water partition coefficient (Wildman–Crippen LogP) is 2.28. The molecule has 2 aromatic rings. The van der Waals surface area contributed by atoms with Gasteiger partial charge in [-0.2, -0.15) is 0 Å². The Labute approximate surface area is 97.8 Å². The summed E-state index contributed by atoms with van der Waals surface area (Å²) in [7, 11) is 0. The van der Waals surface area contributed by atoms with Gasteiger partial charge in [-0.15, -0.1) is 0 Å². The van der Waals surface area contributed by atoms with Crippen LogP contribution in [-0.2, 0) is 4.74 Å². The molecule has 0 radical (unpaired) electrons. The van der Waals surface area contributed by atoms with Crippen LogP contribution in [0.15, 0.2) is 33.5 Å². The van der Waals surface area contributed by atoms with E-state index in [2.05, 4.69) is 0 Å². The van der Waals surface area contributed by atoms with Crippen molar-refractivity contribution in [3.63, 3.8) is 0 Å². The number of benzene rings is 1. The lowest BCUT2D eigenvalue weighted by atomic mass is 10.1. The van der Waals surface area contributed by atoms with Crippen molar-refractivity contribution in [2.24, 2.45) is 0 Å². The fourth-order valence-corrected chi connectivity index (χ4v) is 1.62. The largest absolute Gasteiger partial charge is 0.460 e. The van der Waals surface area contributed by atoms with E-state index in [1.165, 1.54) is 6.07 Å². The topological polar surface area (TPSA) is 56.5 Å².